The van der Waals surface area contributed by atoms with Gasteiger partial charge in [0.1, 0.15) is 0 Å². The fourth-order valence-corrected chi connectivity index (χ4v) is 4.06. The lowest BCUT2D eigenvalue weighted by Gasteiger charge is -2.18. The predicted octanol–water partition coefficient (Wildman–Crippen LogP) is 1.81. The molecule has 1 aromatic carbocycles. The van der Waals surface area contributed by atoms with Crippen LogP contribution in [0, 0.1) is 0 Å². The highest BCUT2D eigenvalue weighted by atomic mass is 32.2. The van der Waals surface area contributed by atoms with E-state index in [4.69, 9.17) is 4.74 Å². The lowest BCUT2D eigenvalue weighted by atomic mass is 10.2. The molecule has 1 aliphatic rings. The molecule has 3 rings (SSSR count). The number of rotatable bonds is 7. The number of amides is 1. The van der Waals surface area contributed by atoms with Crippen LogP contribution < -0.4 is 4.72 Å². The Labute approximate surface area is 159 Å². The van der Waals surface area contributed by atoms with Gasteiger partial charge in [0, 0.05) is 44.7 Å². The van der Waals surface area contributed by atoms with E-state index in [0.717, 1.165) is 18.4 Å². The van der Waals surface area contributed by atoms with E-state index in [2.05, 4.69) is 9.71 Å². The van der Waals surface area contributed by atoms with Gasteiger partial charge in [-0.2, -0.15) is 0 Å². The van der Waals surface area contributed by atoms with E-state index in [1.54, 1.807) is 37.6 Å². The van der Waals surface area contributed by atoms with Crippen LogP contribution in [0.15, 0.2) is 53.7 Å². The van der Waals surface area contributed by atoms with Crippen LogP contribution in [0.4, 0.5) is 0 Å². The number of nitrogens with zero attached hydrogens (tertiary/aromatic N) is 2. The van der Waals surface area contributed by atoms with Crippen LogP contribution in [0.1, 0.15) is 28.8 Å². The third kappa shape index (κ3) is 5.12. The molecule has 1 aliphatic heterocycles. The van der Waals surface area contributed by atoms with Crippen molar-refractivity contribution in [3.8, 4) is 0 Å². The maximum atomic E-state index is 12.7. The molecule has 0 saturated carbocycles. The van der Waals surface area contributed by atoms with Crippen LogP contribution in [0.25, 0.3) is 0 Å². The van der Waals surface area contributed by atoms with Crippen molar-refractivity contribution in [3.05, 3.63) is 59.9 Å². The number of sulfonamides is 1. The molecule has 1 N–H and O–H groups in total. The second-order valence-electron chi connectivity index (χ2n) is 6.54. The minimum Gasteiger partial charge on any atom is -0.377 e. The zero-order chi connectivity index (χ0) is 19.3. The summed E-state index contributed by atoms with van der Waals surface area (Å²) in [5.74, 6) is -0.255. The molecule has 1 fully saturated rings. The van der Waals surface area contributed by atoms with Crippen molar-refractivity contribution in [2.45, 2.75) is 30.4 Å². The summed E-state index contributed by atoms with van der Waals surface area (Å²) in [5, 5.41) is 0. The van der Waals surface area contributed by atoms with E-state index in [0.29, 0.717) is 18.7 Å². The first-order chi connectivity index (χ1) is 13.0. The number of pyridine rings is 1. The fourth-order valence-electron chi connectivity index (χ4n) is 2.95. The number of carbonyl (C=O) groups excluding carboxylic acids is 1. The summed E-state index contributed by atoms with van der Waals surface area (Å²) in [5.41, 5.74) is 1.22. The number of hydrogen-bond donors (Lipinski definition) is 1. The summed E-state index contributed by atoms with van der Waals surface area (Å²) in [6, 6.07) is 9.76. The predicted molar refractivity (Wildman–Crippen MR) is 101 cm³/mol. The van der Waals surface area contributed by atoms with E-state index in [9.17, 15) is 13.2 Å². The molecule has 1 saturated heterocycles. The molecule has 7 nitrogen and oxygen atoms in total. The molecule has 144 valence electrons. The van der Waals surface area contributed by atoms with Crippen molar-refractivity contribution in [1.29, 1.82) is 0 Å². The van der Waals surface area contributed by atoms with Gasteiger partial charge >= 0.3 is 0 Å². The molecule has 1 atom stereocenters. The summed E-state index contributed by atoms with van der Waals surface area (Å²) in [6.07, 6.45) is 5.07. The first-order valence-corrected chi connectivity index (χ1v) is 10.3. The zero-order valence-electron chi connectivity index (χ0n) is 15.2. The third-order valence-corrected chi connectivity index (χ3v) is 5.83. The Hall–Kier alpha value is -2.29. The molecule has 1 amide bonds. The highest BCUT2D eigenvalue weighted by Gasteiger charge is 2.21. The minimum atomic E-state index is -3.70. The summed E-state index contributed by atoms with van der Waals surface area (Å²) in [6.45, 7) is 1.29. The largest absolute Gasteiger partial charge is 0.377 e. The molecule has 2 aromatic rings. The number of hydrogen-bond acceptors (Lipinski definition) is 5. The molecular weight excluding hydrogens is 366 g/mol. The quantitative estimate of drug-likeness (QED) is 0.780. The van der Waals surface area contributed by atoms with E-state index < -0.39 is 10.0 Å². The van der Waals surface area contributed by atoms with Crippen molar-refractivity contribution >= 4 is 15.9 Å². The minimum absolute atomic E-state index is 0.0705. The molecule has 0 unspecified atom stereocenters. The number of carbonyl (C=O) groups is 1. The Balaban J connectivity index is 1.69. The van der Waals surface area contributed by atoms with Gasteiger partial charge in [0.25, 0.3) is 5.91 Å². The van der Waals surface area contributed by atoms with Gasteiger partial charge in [0.15, 0.2) is 0 Å². The highest BCUT2D eigenvalue weighted by Crippen LogP contribution is 2.16. The van der Waals surface area contributed by atoms with E-state index in [1.165, 1.54) is 17.0 Å². The van der Waals surface area contributed by atoms with Crippen LogP contribution >= 0.6 is 0 Å². The molecule has 2 heterocycles. The second-order valence-corrected chi connectivity index (χ2v) is 8.30. The first kappa shape index (κ1) is 19.5. The van der Waals surface area contributed by atoms with Crippen LogP contribution in [0.5, 0.6) is 0 Å². The normalized spacial score (nSPS) is 17.0. The molecule has 1 aromatic heterocycles. The SMILES string of the molecule is CN(Cc1cccnc1)C(=O)c1cccc(S(=O)(=O)NC[C@@H]2CCCO2)c1. The Morgan fingerprint density at radius 2 is 2.19 bits per heavy atom. The van der Waals surface area contributed by atoms with Crippen molar-refractivity contribution < 1.29 is 17.9 Å². The smallest absolute Gasteiger partial charge is 0.253 e. The Morgan fingerprint density at radius 1 is 1.33 bits per heavy atom. The van der Waals surface area contributed by atoms with Gasteiger partial charge in [-0.25, -0.2) is 13.1 Å². The summed E-state index contributed by atoms with van der Waals surface area (Å²) in [4.78, 5) is 18.3. The standard InChI is InChI=1S/C19H23N3O4S/c1-22(14-15-5-3-9-20-12-15)19(23)16-6-2-8-18(11-16)27(24,25)21-13-17-7-4-10-26-17/h2-3,5-6,8-9,11-12,17,21H,4,7,10,13-14H2,1H3/t17-/m0/s1. The van der Waals surface area contributed by atoms with E-state index >= 15 is 0 Å². The van der Waals surface area contributed by atoms with Crippen LogP contribution in [-0.4, -0.2) is 50.5 Å². The monoisotopic (exact) mass is 389 g/mol. The Bertz CT molecular complexity index is 881. The van der Waals surface area contributed by atoms with E-state index in [1.807, 2.05) is 6.07 Å². The molecule has 0 radical (unpaired) electrons. The molecule has 0 spiro atoms. The first-order valence-electron chi connectivity index (χ1n) is 8.81. The number of nitrogens with one attached hydrogen (secondary N) is 1. The van der Waals surface area contributed by atoms with Crippen molar-refractivity contribution in [1.82, 2.24) is 14.6 Å². The summed E-state index contributed by atoms with van der Waals surface area (Å²) < 4.78 is 33.1. The highest BCUT2D eigenvalue weighted by molar-refractivity contribution is 7.89. The van der Waals surface area contributed by atoms with Gasteiger partial charge in [0.05, 0.1) is 11.0 Å². The third-order valence-electron chi connectivity index (χ3n) is 4.41. The second kappa shape index (κ2) is 8.60. The fraction of sp³-hybridized carbons (Fsp3) is 0.368. The lowest BCUT2D eigenvalue weighted by molar-refractivity contribution is 0.0784. The average molecular weight is 389 g/mol. The Morgan fingerprint density at radius 3 is 2.89 bits per heavy atom. The lowest BCUT2D eigenvalue weighted by Crippen LogP contribution is -2.32. The summed E-state index contributed by atoms with van der Waals surface area (Å²) in [7, 11) is -2.03. The average Bonchev–Trinajstić information content (AvgIpc) is 3.20. The van der Waals surface area contributed by atoms with Gasteiger partial charge in [-0.1, -0.05) is 12.1 Å². The van der Waals surface area contributed by atoms with Gasteiger partial charge < -0.3 is 9.64 Å². The number of benzene rings is 1. The summed E-state index contributed by atoms with van der Waals surface area (Å²) >= 11 is 0. The van der Waals surface area contributed by atoms with Gasteiger partial charge in [0.2, 0.25) is 10.0 Å². The number of aromatic nitrogens is 1. The maximum Gasteiger partial charge on any atom is 0.253 e. The van der Waals surface area contributed by atoms with Crippen molar-refractivity contribution in [3.63, 3.8) is 0 Å². The van der Waals surface area contributed by atoms with Gasteiger partial charge in [-0.05, 0) is 42.7 Å². The topological polar surface area (TPSA) is 88.6 Å². The molecule has 8 heteroatoms. The molecular formula is C19H23N3O4S. The van der Waals surface area contributed by atoms with Crippen molar-refractivity contribution in [2.75, 3.05) is 20.2 Å². The molecule has 27 heavy (non-hydrogen) atoms. The molecule has 0 bridgehead atoms. The van der Waals surface area contributed by atoms with Crippen LogP contribution in [0.2, 0.25) is 0 Å². The Kier molecular flexibility index (Phi) is 6.20. The van der Waals surface area contributed by atoms with E-state index in [-0.39, 0.29) is 23.5 Å². The number of ether oxygens (including phenoxy) is 1. The van der Waals surface area contributed by atoms with Crippen LogP contribution in [-0.2, 0) is 21.3 Å². The molecule has 0 aliphatic carbocycles. The van der Waals surface area contributed by atoms with Gasteiger partial charge in [-0.3, -0.25) is 9.78 Å². The van der Waals surface area contributed by atoms with Gasteiger partial charge in [-0.15, -0.1) is 0 Å². The van der Waals surface area contributed by atoms with Crippen molar-refractivity contribution in [2.24, 2.45) is 0 Å². The zero-order valence-corrected chi connectivity index (χ0v) is 16.0. The van der Waals surface area contributed by atoms with Crippen LogP contribution in [0.3, 0.4) is 0 Å². The maximum absolute atomic E-state index is 12.7.